The van der Waals surface area contributed by atoms with Gasteiger partial charge in [0.2, 0.25) is 5.95 Å². The molecule has 2 heterocycles. The summed E-state index contributed by atoms with van der Waals surface area (Å²) in [5.74, 6) is 0.418. The maximum atomic E-state index is 13.0. The number of hydrogen-bond acceptors (Lipinski definition) is 3. The van der Waals surface area contributed by atoms with Gasteiger partial charge in [0.25, 0.3) is 0 Å². The van der Waals surface area contributed by atoms with Crippen LogP contribution in [0.1, 0.15) is 16.7 Å². The number of aromatic nitrogens is 3. The van der Waals surface area contributed by atoms with E-state index in [-0.39, 0.29) is 5.82 Å². The molecule has 0 fully saturated rings. The highest BCUT2D eigenvalue weighted by Gasteiger charge is 2.04. The number of benzene rings is 1. The van der Waals surface area contributed by atoms with Gasteiger partial charge in [0.05, 0.1) is 0 Å². The van der Waals surface area contributed by atoms with Crippen LogP contribution in [-0.2, 0) is 6.42 Å². The molecule has 0 aliphatic rings. The first kappa shape index (κ1) is 13.5. The molecule has 0 spiro atoms. The average molecular weight is 284 g/mol. The smallest absolute Gasteiger partial charge is 0.243 e. The van der Waals surface area contributed by atoms with Crippen molar-refractivity contribution < 1.29 is 4.39 Å². The Kier molecular flexibility index (Phi) is 3.56. The summed E-state index contributed by atoms with van der Waals surface area (Å²) in [4.78, 5) is 4.40. The zero-order valence-electron chi connectivity index (χ0n) is 12.1. The summed E-state index contributed by atoms with van der Waals surface area (Å²) in [6.07, 6.45) is 2.75. The SMILES string of the molecule is Cc1ccc2nc(NCCc3ccc(F)cc3C)nn2c1. The van der Waals surface area contributed by atoms with E-state index < -0.39 is 0 Å². The molecule has 0 bridgehead atoms. The quantitative estimate of drug-likeness (QED) is 0.800. The first-order valence-electron chi connectivity index (χ1n) is 6.94. The van der Waals surface area contributed by atoms with Gasteiger partial charge in [0.1, 0.15) is 5.82 Å². The summed E-state index contributed by atoms with van der Waals surface area (Å²) in [6, 6.07) is 8.83. The van der Waals surface area contributed by atoms with E-state index in [0.717, 1.165) is 28.8 Å². The van der Waals surface area contributed by atoms with Gasteiger partial charge in [0.15, 0.2) is 5.65 Å². The molecular weight excluding hydrogens is 267 g/mol. The van der Waals surface area contributed by atoms with Crippen molar-refractivity contribution in [1.29, 1.82) is 0 Å². The lowest BCUT2D eigenvalue weighted by Gasteiger charge is -2.06. The number of anilines is 1. The fraction of sp³-hybridized carbons (Fsp3) is 0.250. The van der Waals surface area contributed by atoms with Crippen molar-refractivity contribution in [1.82, 2.24) is 14.6 Å². The Balaban J connectivity index is 1.66. The molecule has 0 saturated carbocycles. The van der Waals surface area contributed by atoms with Gasteiger partial charge >= 0.3 is 0 Å². The molecule has 5 heteroatoms. The Morgan fingerprint density at radius 3 is 2.86 bits per heavy atom. The maximum Gasteiger partial charge on any atom is 0.243 e. The predicted octanol–water partition coefficient (Wildman–Crippen LogP) is 3.14. The Bertz CT molecular complexity index is 779. The van der Waals surface area contributed by atoms with E-state index >= 15 is 0 Å². The number of nitrogens with zero attached hydrogens (tertiary/aromatic N) is 3. The minimum atomic E-state index is -0.193. The van der Waals surface area contributed by atoms with E-state index in [4.69, 9.17) is 0 Å². The molecule has 3 aromatic rings. The molecule has 4 nitrogen and oxygen atoms in total. The lowest BCUT2D eigenvalue weighted by Crippen LogP contribution is -2.07. The van der Waals surface area contributed by atoms with E-state index in [1.54, 1.807) is 10.6 Å². The monoisotopic (exact) mass is 284 g/mol. The summed E-state index contributed by atoms with van der Waals surface area (Å²) >= 11 is 0. The Morgan fingerprint density at radius 1 is 1.19 bits per heavy atom. The third-order valence-electron chi connectivity index (χ3n) is 3.46. The van der Waals surface area contributed by atoms with E-state index in [1.807, 2.05) is 38.2 Å². The average Bonchev–Trinajstić information content (AvgIpc) is 2.83. The molecule has 0 unspecified atom stereocenters. The summed E-state index contributed by atoms with van der Waals surface area (Å²) in [6.45, 7) is 4.65. The number of rotatable bonds is 4. The molecule has 0 radical (unpaired) electrons. The minimum Gasteiger partial charge on any atom is -0.353 e. The van der Waals surface area contributed by atoms with Gasteiger partial charge in [-0.1, -0.05) is 12.1 Å². The number of aryl methyl sites for hydroxylation is 2. The van der Waals surface area contributed by atoms with E-state index in [0.29, 0.717) is 12.5 Å². The van der Waals surface area contributed by atoms with Crippen molar-refractivity contribution in [2.45, 2.75) is 20.3 Å². The molecule has 21 heavy (non-hydrogen) atoms. The summed E-state index contributed by atoms with van der Waals surface area (Å²) < 4.78 is 14.8. The van der Waals surface area contributed by atoms with Gasteiger partial charge in [-0.2, -0.15) is 4.98 Å². The molecule has 3 rings (SSSR count). The van der Waals surface area contributed by atoms with Crippen LogP contribution in [0.2, 0.25) is 0 Å². The highest BCUT2D eigenvalue weighted by Crippen LogP contribution is 2.11. The topological polar surface area (TPSA) is 42.2 Å². The van der Waals surface area contributed by atoms with Crippen LogP contribution in [0.5, 0.6) is 0 Å². The predicted molar refractivity (Wildman–Crippen MR) is 81.1 cm³/mol. The highest BCUT2D eigenvalue weighted by atomic mass is 19.1. The first-order chi connectivity index (χ1) is 10.1. The third kappa shape index (κ3) is 3.02. The normalized spacial score (nSPS) is 11.0. The third-order valence-corrected chi connectivity index (χ3v) is 3.46. The van der Waals surface area contributed by atoms with E-state index in [2.05, 4.69) is 15.4 Å². The highest BCUT2D eigenvalue weighted by molar-refractivity contribution is 5.44. The van der Waals surface area contributed by atoms with Gasteiger partial charge in [-0.25, -0.2) is 8.91 Å². The second-order valence-corrected chi connectivity index (χ2v) is 5.19. The number of halogens is 1. The molecular formula is C16H17FN4. The second-order valence-electron chi connectivity index (χ2n) is 5.19. The van der Waals surface area contributed by atoms with Gasteiger partial charge in [-0.05, 0) is 55.2 Å². The molecule has 1 aromatic carbocycles. The van der Waals surface area contributed by atoms with Crippen LogP contribution in [0.3, 0.4) is 0 Å². The van der Waals surface area contributed by atoms with Crippen molar-refractivity contribution in [2.75, 3.05) is 11.9 Å². The lowest BCUT2D eigenvalue weighted by molar-refractivity contribution is 0.625. The van der Waals surface area contributed by atoms with Gasteiger partial charge < -0.3 is 5.32 Å². The summed E-state index contributed by atoms with van der Waals surface area (Å²) in [5.41, 5.74) is 4.06. The lowest BCUT2D eigenvalue weighted by atomic mass is 10.1. The maximum absolute atomic E-state index is 13.0. The Labute approximate surface area is 122 Å². The number of nitrogens with one attached hydrogen (secondary N) is 1. The molecule has 0 atom stereocenters. The van der Waals surface area contributed by atoms with Crippen LogP contribution >= 0.6 is 0 Å². The molecule has 0 aliphatic heterocycles. The largest absolute Gasteiger partial charge is 0.353 e. The Morgan fingerprint density at radius 2 is 2.05 bits per heavy atom. The van der Waals surface area contributed by atoms with Gasteiger partial charge in [-0.3, -0.25) is 0 Å². The van der Waals surface area contributed by atoms with Crippen molar-refractivity contribution in [3.05, 3.63) is 59.0 Å². The van der Waals surface area contributed by atoms with Gasteiger partial charge in [0, 0.05) is 12.7 Å². The molecule has 1 N–H and O–H groups in total. The number of pyridine rings is 1. The van der Waals surface area contributed by atoms with Crippen LogP contribution in [0, 0.1) is 19.7 Å². The fourth-order valence-corrected chi connectivity index (χ4v) is 2.31. The molecule has 0 saturated heterocycles. The molecule has 0 aliphatic carbocycles. The van der Waals surface area contributed by atoms with Gasteiger partial charge in [-0.15, -0.1) is 5.10 Å². The van der Waals surface area contributed by atoms with Crippen molar-refractivity contribution in [2.24, 2.45) is 0 Å². The first-order valence-corrected chi connectivity index (χ1v) is 6.94. The Hall–Kier alpha value is -2.43. The number of fused-ring (bicyclic) bond motifs is 1. The van der Waals surface area contributed by atoms with Crippen molar-refractivity contribution in [3.8, 4) is 0 Å². The van der Waals surface area contributed by atoms with Crippen LogP contribution in [-0.4, -0.2) is 21.1 Å². The zero-order valence-corrected chi connectivity index (χ0v) is 12.1. The molecule has 108 valence electrons. The standard InChI is InChI=1S/C16H17FN4/c1-11-3-6-15-19-16(20-21(15)10-11)18-8-7-13-4-5-14(17)9-12(13)2/h3-6,9-10H,7-8H2,1-2H3,(H,18,20). The summed E-state index contributed by atoms with van der Waals surface area (Å²) in [5, 5.41) is 7.58. The zero-order chi connectivity index (χ0) is 14.8. The van der Waals surface area contributed by atoms with Crippen LogP contribution in [0.25, 0.3) is 5.65 Å². The van der Waals surface area contributed by atoms with Crippen LogP contribution < -0.4 is 5.32 Å². The van der Waals surface area contributed by atoms with Crippen LogP contribution in [0.15, 0.2) is 36.5 Å². The van der Waals surface area contributed by atoms with E-state index in [1.165, 1.54) is 6.07 Å². The molecule has 2 aromatic heterocycles. The molecule has 0 amide bonds. The van der Waals surface area contributed by atoms with Crippen molar-refractivity contribution >= 4 is 11.6 Å². The number of hydrogen-bond donors (Lipinski definition) is 1. The van der Waals surface area contributed by atoms with E-state index in [9.17, 15) is 4.39 Å². The second kappa shape index (κ2) is 5.52. The fourth-order valence-electron chi connectivity index (χ4n) is 2.31. The minimum absolute atomic E-state index is 0.193. The van der Waals surface area contributed by atoms with Crippen molar-refractivity contribution in [3.63, 3.8) is 0 Å². The van der Waals surface area contributed by atoms with Crippen LogP contribution in [0.4, 0.5) is 10.3 Å². The summed E-state index contributed by atoms with van der Waals surface area (Å²) in [7, 11) is 0.